The lowest BCUT2D eigenvalue weighted by Crippen LogP contribution is -2.49. The first-order valence-corrected chi connectivity index (χ1v) is 13.4. The number of likely N-dealkylation sites (tertiary alicyclic amines) is 2. The molecule has 2 heterocycles. The summed E-state index contributed by atoms with van der Waals surface area (Å²) in [6.07, 6.45) is 6.14. The highest BCUT2D eigenvalue weighted by Gasteiger charge is 2.40. The number of rotatable bonds is 8. The summed E-state index contributed by atoms with van der Waals surface area (Å²) in [5, 5.41) is 0.669. The van der Waals surface area contributed by atoms with Crippen LogP contribution in [0.4, 0.5) is 0 Å². The molecule has 2 amide bonds. The summed E-state index contributed by atoms with van der Waals surface area (Å²) >= 11 is 6.03. The molecule has 2 aliphatic rings. The van der Waals surface area contributed by atoms with Gasteiger partial charge < -0.3 is 14.5 Å². The van der Waals surface area contributed by atoms with E-state index in [1.165, 1.54) is 6.42 Å². The lowest BCUT2D eigenvalue weighted by Gasteiger charge is -2.43. The van der Waals surface area contributed by atoms with Crippen molar-refractivity contribution in [2.75, 3.05) is 32.8 Å². The normalized spacial score (nSPS) is 18.7. The van der Waals surface area contributed by atoms with Crippen molar-refractivity contribution < 1.29 is 14.3 Å². The fourth-order valence-corrected chi connectivity index (χ4v) is 5.50. The fraction of sp³-hybridized carbons (Fsp3) is 0.517. The van der Waals surface area contributed by atoms with Gasteiger partial charge in [-0.2, -0.15) is 0 Å². The largest absolute Gasteiger partial charge is 0.493 e. The van der Waals surface area contributed by atoms with Crippen molar-refractivity contribution in [3.8, 4) is 5.75 Å². The average Bonchev–Trinajstić information content (AvgIpc) is 2.90. The molecular weight excluding hydrogens is 460 g/mol. The van der Waals surface area contributed by atoms with Gasteiger partial charge in [0.15, 0.2) is 0 Å². The minimum Gasteiger partial charge on any atom is -0.493 e. The third-order valence-corrected chi connectivity index (χ3v) is 7.89. The van der Waals surface area contributed by atoms with Crippen molar-refractivity contribution in [3.05, 3.63) is 65.2 Å². The van der Waals surface area contributed by atoms with Crippen LogP contribution in [-0.4, -0.2) is 54.4 Å². The van der Waals surface area contributed by atoms with Gasteiger partial charge in [-0.1, -0.05) is 48.9 Å². The van der Waals surface area contributed by atoms with E-state index in [-0.39, 0.29) is 23.1 Å². The van der Waals surface area contributed by atoms with Gasteiger partial charge in [0.1, 0.15) is 5.75 Å². The van der Waals surface area contributed by atoms with E-state index >= 15 is 0 Å². The summed E-state index contributed by atoms with van der Waals surface area (Å²) in [5.74, 6) is 1.05. The molecule has 188 valence electrons. The standard InChI is InChI=1S/C29H37ClN2O3/c1-2-26(23-9-5-3-6-10-23)28(34)32-19-15-29(16-20-32,21-27(33)31-17-7-4-8-18-31)22-35-25-13-11-24(30)12-14-25/h3,5-6,9-14,26H,2,4,7-8,15-22H2,1H3/t26-/m0/s1. The van der Waals surface area contributed by atoms with Crippen molar-refractivity contribution in [2.24, 2.45) is 5.41 Å². The molecule has 0 N–H and O–H groups in total. The second-order valence-corrected chi connectivity index (χ2v) is 10.5. The van der Waals surface area contributed by atoms with Gasteiger partial charge in [-0.05, 0) is 68.4 Å². The first-order chi connectivity index (χ1) is 17.0. The van der Waals surface area contributed by atoms with Crippen molar-refractivity contribution >= 4 is 23.4 Å². The van der Waals surface area contributed by atoms with Gasteiger partial charge in [0.2, 0.25) is 11.8 Å². The van der Waals surface area contributed by atoms with E-state index in [1.54, 1.807) is 0 Å². The molecular formula is C29H37ClN2O3. The lowest BCUT2D eigenvalue weighted by atomic mass is 9.75. The van der Waals surface area contributed by atoms with Gasteiger partial charge in [0.05, 0.1) is 12.5 Å². The molecule has 2 aromatic rings. The number of nitrogens with zero attached hydrogens (tertiary/aromatic N) is 2. The molecule has 0 bridgehead atoms. The number of carbonyl (C=O) groups is 2. The maximum absolute atomic E-state index is 13.4. The van der Waals surface area contributed by atoms with Crippen LogP contribution in [0.15, 0.2) is 54.6 Å². The second kappa shape index (κ2) is 11.9. The zero-order chi connectivity index (χ0) is 24.7. The highest BCUT2D eigenvalue weighted by molar-refractivity contribution is 6.30. The third kappa shape index (κ3) is 6.58. The molecule has 2 aromatic carbocycles. The van der Waals surface area contributed by atoms with E-state index in [4.69, 9.17) is 16.3 Å². The van der Waals surface area contributed by atoms with Crippen LogP contribution in [0.3, 0.4) is 0 Å². The minimum absolute atomic E-state index is 0.121. The Labute approximate surface area is 214 Å². The summed E-state index contributed by atoms with van der Waals surface area (Å²) in [7, 11) is 0. The molecule has 0 aromatic heterocycles. The molecule has 35 heavy (non-hydrogen) atoms. The molecule has 2 aliphatic heterocycles. The molecule has 0 saturated carbocycles. The van der Waals surface area contributed by atoms with Gasteiger partial charge >= 0.3 is 0 Å². The van der Waals surface area contributed by atoms with Gasteiger partial charge in [0.25, 0.3) is 0 Å². The van der Waals surface area contributed by atoms with E-state index in [9.17, 15) is 9.59 Å². The minimum atomic E-state index is -0.278. The fourth-order valence-electron chi connectivity index (χ4n) is 5.38. The second-order valence-electron chi connectivity index (χ2n) is 10.1. The Morgan fingerprint density at radius 3 is 2.20 bits per heavy atom. The monoisotopic (exact) mass is 496 g/mol. The molecule has 1 atom stereocenters. The summed E-state index contributed by atoms with van der Waals surface area (Å²) < 4.78 is 6.19. The third-order valence-electron chi connectivity index (χ3n) is 7.64. The number of amides is 2. The Morgan fingerprint density at radius 1 is 0.914 bits per heavy atom. The molecule has 0 radical (unpaired) electrons. The van der Waals surface area contributed by atoms with Crippen LogP contribution >= 0.6 is 11.6 Å². The van der Waals surface area contributed by atoms with E-state index < -0.39 is 0 Å². The molecule has 0 aliphatic carbocycles. The zero-order valence-electron chi connectivity index (χ0n) is 20.8. The molecule has 6 heteroatoms. The number of ether oxygens (including phenoxy) is 1. The molecule has 0 spiro atoms. The van der Waals surface area contributed by atoms with Gasteiger partial charge in [-0.3, -0.25) is 9.59 Å². The molecule has 5 nitrogen and oxygen atoms in total. The first kappa shape index (κ1) is 25.6. The van der Waals surface area contributed by atoms with E-state index in [0.717, 1.165) is 56.5 Å². The smallest absolute Gasteiger partial charge is 0.230 e. The van der Waals surface area contributed by atoms with Crippen LogP contribution in [0.2, 0.25) is 5.02 Å². The van der Waals surface area contributed by atoms with E-state index in [1.807, 2.05) is 64.4 Å². The van der Waals surface area contributed by atoms with Crippen LogP contribution in [0.1, 0.15) is 63.4 Å². The zero-order valence-corrected chi connectivity index (χ0v) is 21.5. The Morgan fingerprint density at radius 2 is 1.57 bits per heavy atom. The summed E-state index contributed by atoms with van der Waals surface area (Å²) in [4.78, 5) is 30.7. The van der Waals surface area contributed by atoms with E-state index in [2.05, 4.69) is 6.92 Å². The van der Waals surface area contributed by atoms with Crippen LogP contribution in [0.5, 0.6) is 5.75 Å². The van der Waals surface area contributed by atoms with Crippen LogP contribution in [-0.2, 0) is 9.59 Å². The summed E-state index contributed by atoms with van der Waals surface area (Å²) in [6.45, 7) is 5.55. The number of halogens is 1. The van der Waals surface area contributed by atoms with Crippen LogP contribution in [0.25, 0.3) is 0 Å². The number of piperidine rings is 2. The lowest BCUT2D eigenvalue weighted by molar-refractivity contribution is -0.139. The van der Waals surface area contributed by atoms with Gasteiger partial charge in [-0.15, -0.1) is 0 Å². The van der Waals surface area contributed by atoms with Crippen LogP contribution in [0, 0.1) is 5.41 Å². The molecule has 2 saturated heterocycles. The predicted octanol–water partition coefficient (Wildman–Crippen LogP) is 5.92. The van der Waals surface area contributed by atoms with Crippen molar-refractivity contribution in [2.45, 2.75) is 57.8 Å². The number of hydrogen-bond donors (Lipinski definition) is 0. The summed E-state index contributed by atoms with van der Waals surface area (Å²) in [5.41, 5.74) is 0.794. The number of benzene rings is 2. The quantitative estimate of drug-likeness (QED) is 0.455. The number of hydrogen-bond acceptors (Lipinski definition) is 3. The highest BCUT2D eigenvalue weighted by atomic mass is 35.5. The van der Waals surface area contributed by atoms with Crippen molar-refractivity contribution in [1.29, 1.82) is 0 Å². The van der Waals surface area contributed by atoms with Gasteiger partial charge in [0, 0.05) is 43.0 Å². The maximum atomic E-state index is 13.4. The SMILES string of the molecule is CC[C@H](C(=O)N1CCC(COc2ccc(Cl)cc2)(CC(=O)N2CCCCC2)CC1)c1ccccc1. The topological polar surface area (TPSA) is 49.9 Å². The first-order valence-electron chi connectivity index (χ1n) is 13.0. The molecule has 0 unspecified atom stereocenters. The van der Waals surface area contributed by atoms with E-state index in [0.29, 0.717) is 31.1 Å². The highest BCUT2D eigenvalue weighted by Crippen LogP contribution is 2.38. The maximum Gasteiger partial charge on any atom is 0.230 e. The average molecular weight is 497 g/mol. The van der Waals surface area contributed by atoms with Crippen LogP contribution < -0.4 is 4.74 Å². The number of carbonyl (C=O) groups excluding carboxylic acids is 2. The Balaban J connectivity index is 1.44. The Kier molecular flexibility index (Phi) is 8.72. The predicted molar refractivity (Wildman–Crippen MR) is 140 cm³/mol. The summed E-state index contributed by atoms with van der Waals surface area (Å²) in [6, 6.07) is 17.4. The Hall–Kier alpha value is -2.53. The van der Waals surface area contributed by atoms with Crippen molar-refractivity contribution in [3.63, 3.8) is 0 Å². The molecule has 2 fully saturated rings. The molecule has 4 rings (SSSR count). The van der Waals surface area contributed by atoms with Crippen molar-refractivity contribution in [1.82, 2.24) is 9.80 Å². The van der Waals surface area contributed by atoms with Gasteiger partial charge in [-0.25, -0.2) is 0 Å². The Bertz CT molecular complexity index is 965.